The lowest BCUT2D eigenvalue weighted by Crippen LogP contribution is -2.50. The van der Waals surface area contributed by atoms with Gasteiger partial charge < -0.3 is 9.80 Å². The number of alkyl halides is 3. The molecule has 0 saturated carbocycles. The van der Waals surface area contributed by atoms with Gasteiger partial charge in [-0.2, -0.15) is 18.3 Å². The second-order valence-corrected chi connectivity index (χ2v) is 8.47. The van der Waals surface area contributed by atoms with E-state index in [0.717, 1.165) is 17.8 Å². The Bertz CT molecular complexity index is 1250. The van der Waals surface area contributed by atoms with Crippen molar-refractivity contribution in [3.8, 4) is 5.69 Å². The van der Waals surface area contributed by atoms with Gasteiger partial charge in [0.2, 0.25) is 0 Å². The summed E-state index contributed by atoms with van der Waals surface area (Å²) in [5.74, 6) is -1.38. The number of hydrogen-bond donors (Lipinski definition) is 0. The third-order valence-corrected chi connectivity index (χ3v) is 6.21. The molecule has 0 unspecified atom stereocenters. The minimum atomic E-state index is -4.51. The van der Waals surface area contributed by atoms with Crippen LogP contribution in [-0.4, -0.2) is 52.5 Å². The number of benzene rings is 2. The zero-order valence-electron chi connectivity index (χ0n) is 18.6. The van der Waals surface area contributed by atoms with Gasteiger partial charge in [-0.1, -0.05) is 29.8 Å². The van der Waals surface area contributed by atoms with Gasteiger partial charge in [0.1, 0.15) is 0 Å². The van der Waals surface area contributed by atoms with Crippen molar-refractivity contribution in [2.75, 3.05) is 31.1 Å². The van der Waals surface area contributed by atoms with Gasteiger partial charge in [0, 0.05) is 26.2 Å². The molecule has 1 aliphatic rings. The second kappa shape index (κ2) is 9.13. The first-order valence-corrected chi connectivity index (χ1v) is 11.0. The molecule has 10 heteroatoms. The molecule has 1 saturated heterocycles. The minimum absolute atomic E-state index is 0.107. The van der Waals surface area contributed by atoms with Crippen LogP contribution in [0.25, 0.3) is 5.69 Å². The molecule has 1 amide bonds. The van der Waals surface area contributed by atoms with Crippen LogP contribution in [0.5, 0.6) is 0 Å². The zero-order chi connectivity index (χ0) is 24.6. The number of halogens is 4. The average molecular weight is 491 g/mol. The first kappa shape index (κ1) is 23.8. The molecule has 0 radical (unpaired) electrons. The van der Waals surface area contributed by atoms with Crippen molar-refractivity contribution < 1.29 is 22.8 Å². The Morgan fingerprint density at radius 3 is 2.29 bits per heavy atom. The van der Waals surface area contributed by atoms with E-state index in [2.05, 4.69) is 10.00 Å². The molecular weight excluding hydrogens is 469 g/mol. The number of anilines is 1. The fourth-order valence-corrected chi connectivity index (χ4v) is 4.40. The predicted octanol–water partition coefficient (Wildman–Crippen LogP) is 4.69. The van der Waals surface area contributed by atoms with Crippen molar-refractivity contribution >= 4 is 29.0 Å². The highest BCUT2D eigenvalue weighted by molar-refractivity contribution is 6.43. The van der Waals surface area contributed by atoms with Crippen LogP contribution in [0.2, 0.25) is 5.02 Å². The van der Waals surface area contributed by atoms with Crippen molar-refractivity contribution in [1.29, 1.82) is 0 Å². The summed E-state index contributed by atoms with van der Waals surface area (Å²) in [4.78, 5) is 29.6. The number of aromatic nitrogens is 2. The zero-order valence-corrected chi connectivity index (χ0v) is 19.3. The van der Waals surface area contributed by atoms with Crippen molar-refractivity contribution in [2.24, 2.45) is 0 Å². The van der Waals surface area contributed by atoms with Gasteiger partial charge in [-0.25, -0.2) is 4.68 Å². The molecule has 1 fully saturated rings. The molecule has 1 aliphatic heterocycles. The quantitative estimate of drug-likeness (QED) is 0.393. The van der Waals surface area contributed by atoms with Gasteiger partial charge in [0.25, 0.3) is 11.7 Å². The lowest BCUT2D eigenvalue weighted by atomic mass is 10.1. The van der Waals surface area contributed by atoms with E-state index in [1.54, 1.807) is 19.9 Å². The van der Waals surface area contributed by atoms with Crippen molar-refractivity contribution in [3.63, 3.8) is 0 Å². The molecule has 1 aromatic heterocycles. The van der Waals surface area contributed by atoms with Gasteiger partial charge in [-0.15, -0.1) is 0 Å². The number of carbonyl (C=O) groups excluding carboxylic acids is 2. The van der Waals surface area contributed by atoms with E-state index >= 15 is 0 Å². The smallest absolute Gasteiger partial charge is 0.367 e. The lowest BCUT2D eigenvalue weighted by molar-refractivity contribution is -0.137. The number of Topliss-reactive ketones (excluding diaryl/α,β-unsaturated/α-hetero) is 1. The van der Waals surface area contributed by atoms with Crippen LogP contribution in [-0.2, 0) is 11.0 Å². The molecule has 3 aromatic rings. The Kier molecular flexibility index (Phi) is 6.40. The number of ketones is 1. The van der Waals surface area contributed by atoms with Crippen LogP contribution in [0, 0.1) is 13.8 Å². The van der Waals surface area contributed by atoms with Crippen LogP contribution in [0.15, 0.2) is 48.5 Å². The fraction of sp³-hybridized carbons (Fsp3) is 0.292. The van der Waals surface area contributed by atoms with Crippen molar-refractivity contribution in [1.82, 2.24) is 14.7 Å². The molecule has 0 spiro atoms. The number of piperazine rings is 1. The number of hydrogen-bond acceptors (Lipinski definition) is 4. The van der Waals surface area contributed by atoms with E-state index in [1.165, 1.54) is 21.7 Å². The summed E-state index contributed by atoms with van der Waals surface area (Å²) in [5.41, 5.74) is 0.911. The maximum absolute atomic E-state index is 13.1. The second-order valence-electron chi connectivity index (χ2n) is 8.07. The Balaban J connectivity index is 1.52. The van der Waals surface area contributed by atoms with Crippen LogP contribution >= 0.6 is 11.6 Å². The van der Waals surface area contributed by atoms with E-state index < -0.39 is 23.4 Å². The number of carbonyl (C=O) groups is 2. The van der Waals surface area contributed by atoms with Crippen LogP contribution in [0.4, 0.5) is 18.9 Å². The van der Waals surface area contributed by atoms with Gasteiger partial charge in [0.05, 0.1) is 38.9 Å². The summed E-state index contributed by atoms with van der Waals surface area (Å²) < 4.78 is 40.6. The molecule has 0 aliphatic carbocycles. The summed E-state index contributed by atoms with van der Waals surface area (Å²) in [5, 5.41) is 4.87. The third-order valence-electron chi connectivity index (χ3n) is 5.89. The van der Waals surface area contributed by atoms with E-state index in [1.807, 2.05) is 18.2 Å². The molecule has 0 N–H and O–H groups in total. The largest absolute Gasteiger partial charge is 0.416 e. The van der Waals surface area contributed by atoms with Crippen molar-refractivity contribution in [2.45, 2.75) is 20.0 Å². The number of rotatable bonds is 4. The Hall–Kier alpha value is -3.33. The average Bonchev–Trinajstić information content (AvgIpc) is 3.12. The highest BCUT2D eigenvalue weighted by Crippen LogP contribution is 2.31. The Morgan fingerprint density at radius 1 is 0.971 bits per heavy atom. The van der Waals surface area contributed by atoms with Gasteiger partial charge in [-0.3, -0.25) is 9.59 Å². The van der Waals surface area contributed by atoms with Crippen molar-refractivity contribution in [3.05, 3.63) is 76.1 Å². The molecule has 0 bridgehead atoms. The summed E-state index contributed by atoms with van der Waals surface area (Å²) in [7, 11) is 0. The van der Waals surface area contributed by atoms with Gasteiger partial charge >= 0.3 is 6.18 Å². The maximum atomic E-state index is 13.1. The van der Waals surface area contributed by atoms with E-state index in [9.17, 15) is 22.8 Å². The van der Waals surface area contributed by atoms with E-state index in [0.29, 0.717) is 36.9 Å². The third kappa shape index (κ3) is 4.52. The lowest BCUT2D eigenvalue weighted by Gasteiger charge is -2.36. The molecule has 4 rings (SSSR count). The SMILES string of the molecule is Cc1nn(-c2cccc(C(F)(F)F)c2)c(C)c1C(=O)C(=O)N1CCN(c2ccccc2Cl)CC1. The van der Waals surface area contributed by atoms with Crippen LogP contribution < -0.4 is 4.90 Å². The summed E-state index contributed by atoms with van der Waals surface area (Å²) in [6, 6.07) is 12.1. The fourth-order valence-electron chi connectivity index (χ4n) is 4.15. The number of amides is 1. The highest BCUT2D eigenvalue weighted by Gasteiger charge is 2.33. The van der Waals surface area contributed by atoms with E-state index in [-0.39, 0.29) is 16.9 Å². The monoisotopic (exact) mass is 490 g/mol. The number of para-hydroxylation sites is 1. The summed E-state index contributed by atoms with van der Waals surface area (Å²) in [6.07, 6.45) is -4.51. The first-order chi connectivity index (χ1) is 16.1. The van der Waals surface area contributed by atoms with Gasteiger partial charge in [-0.05, 0) is 44.2 Å². The van der Waals surface area contributed by atoms with E-state index in [4.69, 9.17) is 11.6 Å². The Labute approximate surface area is 199 Å². The topological polar surface area (TPSA) is 58.4 Å². The highest BCUT2D eigenvalue weighted by atomic mass is 35.5. The first-order valence-electron chi connectivity index (χ1n) is 10.6. The molecular formula is C24H22ClF3N4O2. The van der Waals surface area contributed by atoms with Crippen LogP contribution in [0.3, 0.4) is 0 Å². The molecule has 2 aromatic carbocycles. The Morgan fingerprint density at radius 2 is 1.65 bits per heavy atom. The maximum Gasteiger partial charge on any atom is 0.416 e. The molecule has 6 nitrogen and oxygen atoms in total. The number of aryl methyl sites for hydroxylation is 1. The predicted molar refractivity (Wildman–Crippen MR) is 123 cm³/mol. The molecule has 178 valence electrons. The molecule has 0 atom stereocenters. The summed E-state index contributed by atoms with van der Waals surface area (Å²) in [6.45, 7) is 4.85. The molecule has 34 heavy (non-hydrogen) atoms. The summed E-state index contributed by atoms with van der Waals surface area (Å²) >= 11 is 6.26. The normalized spacial score (nSPS) is 14.4. The molecule has 2 heterocycles. The van der Waals surface area contributed by atoms with Crippen LogP contribution in [0.1, 0.15) is 27.3 Å². The minimum Gasteiger partial charge on any atom is -0.367 e. The van der Waals surface area contributed by atoms with Gasteiger partial charge in [0.15, 0.2) is 0 Å². The standard InChI is InChI=1S/C24H22ClF3N4O2/c1-15-21(16(2)32(29-15)18-7-5-6-17(14-18)24(26,27)28)22(33)23(34)31-12-10-30(11-13-31)20-9-4-3-8-19(20)25/h3-9,14H,10-13H2,1-2H3. The number of nitrogens with zero attached hydrogens (tertiary/aromatic N) is 4.